The van der Waals surface area contributed by atoms with Crippen molar-refractivity contribution in [1.29, 1.82) is 10.5 Å². The maximum atomic E-state index is 8.38. The van der Waals surface area contributed by atoms with E-state index in [1.165, 1.54) is 0 Å². The SMILES string of the molecule is N#CCCNc1ccc(NCCC#N)cc1. The van der Waals surface area contributed by atoms with Crippen LogP contribution in [-0.4, -0.2) is 13.1 Å². The molecule has 0 saturated heterocycles. The highest BCUT2D eigenvalue weighted by Gasteiger charge is 1.93. The van der Waals surface area contributed by atoms with Gasteiger partial charge in [0.1, 0.15) is 0 Å². The van der Waals surface area contributed by atoms with Crippen LogP contribution < -0.4 is 10.6 Å². The van der Waals surface area contributed by atoms with Gasteiger partial charge < -0.3 is 10.6 Å². The topological polar surface area (TPSA) is 71.6 Å². The Kier molecular flexibility index (Phi) is 5.30. The van der Waals surface area contributed by atoms with E-state index in [4.69, 9.17) is 10.5 Å². The molecule has 0 aliphatic rings. The highest BCUT2D eigenvalue weighted by molar-refractivity contribution is 5.53. The molecule has 1 aromatic carbocycles. The van der Waals surface area contributed by atoms with Crippen molar-refractivity contribution in [1.82, 2.24) is 0 Å². The smallest absolute Gasteiger partial charge is 0.0640 e. The Morgan fingerprint density at radius 1 is 0.812 bits per heavy atom. The zero-order valence-electron chi connectivity index (χ0n) is 9.03. The van der Waals surface area contributed by atoms with Crippen LogP contribution in [0.1, 0.15) is 12.8 Å². The number of nitrogens with zero attached hydrogens (tertiary/aromatic N) is 2. The van der Waals surface area contributed by atoms with Crippen molar-refractivity contribution in [3.8, 4) is 12.1 Å². The molecule has 0 bridgehead atoms. The lowest BCUT2D eigenvalue weighted by Crippen LogP contribution is -2.02. The van der Waals surface area contributed by atoms with Crippen LogP contribution in [0.15, 0.2) is 24.3 Å². The summed E-state index contributed by atoms with van der Waals surface area (Å²) < 4.78 is 0. The van der Waals surface area contributed by atoms with E-state index in [0.29, 0.717) is 25.9 Å². The first-order valence-corrected chi connectivity index (χ1v) is 5.18. The summed E-state index contributed by atoms with van der Waals surface area (Å²) in [5.41, 5.74) is 2.00. The van der Waals surface area contributed by atoms with Gasteiger partial charge in [-0.1, -0.05) is 0 Å². The van der Waals surface area contributed by atoms with Crippen LogP contribution in [0.2, 0.25) is 0 Å². The second-order valence-electron chi connectivity index (χ2n) is 3.25. The first-order valence-electron chi connectivity index (χ1n) is 5.18. The number of hydrogen-bond donors (Lipinski definition) is 2. The Hall–Kier alpha value is -2.20. The number of nitrogens with one attached hydrogen (secondary N) is 2. The van der Waals surface area contributed by atoms with E-state index < -0.39 is 0 Å². The Morgan fingerprint density at radius 2 is 1.19 bits per heavy atom. The average molecular weight is 214 g/mol. The van der Waals surface area contributed by atoms with Crippen molar-refractivity contribution in [2.45, 2.75) is 12.8 Å². The Labute approximate surface area is 95.5 Å². The summed E-state index contributed by atoms with van der Waals surface area (Å²) in [6, 6.07) is 12.0. The molecule has 0 aromatic heterocycles. The lowest BCUT2D eigenvalue weighted by molar-refractivity contribution is 1.07. The van der Waals surface area contributed by atoms with Crippen molar-refractivity contribution in [2.24, 2.45) is 0 Å². The predicted molar refractivity (Wildman–Crippen MR) is 63.9 cm³/mol. The molecule has 0 unspecified atom stereocenters. The molecule has 0 atom stereocenters. The molecule has 0 aliphatic heterocycles. The number of nitriles is 2. The van der Waals surface area contributed by atoms with Crippen LogP contribution in [0.25, 0.3) is 0 Å². The van der Waals surface area contributed by atoms with Gasteiger partial charge in [0, 0.05) is 24.5 Å². The van der Waals surface area contributed by atoms with Gasteiger partial charge in [0.2, 0.25) is 0 Å². The van der Waals surface area contributed by atoms with Crippen LogP contribution in [0.4, 0.5) is 11.4 Å². The van der Waals surface area contributed by atoms with E-state index in [2.05, 4.69) is 22.8 Å². The third kappa shape index (κ3) is 4.34. The molecule has 0 heterocycles. The first-order chi connectivity index (χ1) is 7.86. The van der Waals surface area contributed by atoms with Crippen molar-refractivity contribution in [3.05, 3.63) is 24.3 Å². The van der Waals surface area contributed by atoms with Gasteiger partial charge in [0.15, 0.2) is 0 Å². The Balaban J connectivity index is 2.36. The minimum atomic E-state index is 0.502. The minimum absolute atomic E-state index is 0.502. The molecule has 0 saturated carbocycles. The third-order valence-electron chi connectivity index (χ3n) is 2.02. The number of anilines is 2. The summed E-state index contributed by atoms with van der Waals surface area (Å²) >= 11 is 0. The number of hydrogen-bond acceptors (Lipinski definition) is 4. The normalized spacial score (nSPS) is 8.88. The van der Waals surface area contributed by atoms with E-state index in [1.54, 1.807) is 0 Å². The van der Waals surface area contributed by atoms with E-state index in [9.17, 15) is 0 Å². The molecule has 4 nitrogen and oxygen atoms in total. The van der Waals surface area contributed by atoms with E-state index >= 15 is 0 Å². The zero-order valence-corrected chi connectivity index (χ0v) is 9.03. The molecule has 1 aromatic rings. The highest BCUT2D eigenvalue weighted by atomic mass is 14.9. The van der Waals surface area contributed by atoms with Gasteiger partial charge in [-0.2, -0.15) is 10.5 Å². The lowest BCUT2D eigenvalue weighted by Gasteiger charge is -2.06. The standard InChI is InChI=1S/C12H14N4/c13-7-1-9-15-11-3-5-12(6-4-11)16-10-2-8-14/h3-6,15-16H,1-2,9-10H2. The summed E-state index contributed by atoms with van der Waals surface area (Å²) in [5.74, 6) is 0. The van der Waals surface area contributed by atoms with Crippen LogP contribution in [-0.2, 0) is 0 Å². The van der Waals surface area contributed by atoms with E-state index in [-0.39, 0.29) is 0 Å². The predicted octanol–water partition coefficient (Wildman–Crippen LogP) is 2.34. The molecule has 0 radical (unpaired) electrons. The molecular formula is C12H14N4. The Morgan fingerprint density at radius 3 is 1.50 bits per heavy atom. The Bertz CT molecular complexity index is 344. The van der Waals surface area contributed by atoms with Gasteiger partial charge in [-0.3, -0.25) is 0 Å². The number of rotatable bonds is 6. The van der Waals surface area contributed by atoms with Gasteiger partial charge in [0.25, 0.3) is 0 Å². The van der Waals surface area contributed by atoms with Crippen molar-refractivity contribution in [3.63, 3.8) is 0 Å². The third-order valence-corrected chi connectivity index (χ3v) is 2.02. The van der Waals surface area contributed by atoms with Crippen LogP contribution in [0.3, 0.4) is 0 Å². The van der Waals surface area contributed by atoms with Crippen molar-refractivity contribution in [2.75, 3.05) is 23.7 Å². The monoisotopic (exact) mass is 214 g/mol. The van der Waals surface area contributed by atoms with Gasteiger partial charge in [0.05, 0.1) is 25.0 Å². The lowest BCUT2D eigenvalue weighted by atomic mass is 10.2. The molecule has 0 aliphatic carbocycles. The molecule has 0 spiro atoms. The van der Waals surface area contributed by atoms with Crippen LogP contribution in [0.5, 0.6) is 0 Å². The fourth-order valence-electron chi connectivity index (χ4n) is 1.23. The second kappa shape index (κ2) is 7.14. The minimum Gasteiger partial charge on any atom is -0.384 e. The summed E-state index contributed by atoms with van der Waals surface area (Å²) in [7, 11) is 0. The molecule has 0 fully saturated rings. The van der Waals surface area contributed by atoms with Gasteiger partial charge >= 0.3 is 0 Å². The molecule has 1 rings (SSSR count). The molecule has 82 valence electrons. The van der Waals surface area contributed by atoms with Crippen LogP contribution >= 0.6 is 0 Å². The van der Waals surface area contributed by atoms with E-state index in [0.717, 1.165) is 11.4 Å². The highest BCUT2D eigenvalue weighted by Crippen LogP contribution is 2.13. The molecular weight excluding hydrogens is 200 g/mol. The van der Waals surface area contributed by atoms with Crippen LogP contribution in [0, 0.1) is 22.7 Å². The van der Waals surface area contributed by atoms with Gasteiger partial charge in [-0.05, 0) is 24.3 Å². The molecule has 0 amide bonds. The maximum absolute atomic E-state index is 8.38. The zero-order chi connectivity index (χ0) is 11.6. The second-order valence-corrected chi connectivity index (χ2v) is 3.25. The summed E-state index contributed by atoms with van der Waals surface area (Å²) in [4.78, 5) is 0. The summed E-state index contributed by atoms with van der Waals surface area (Å²) in [6.07, 6.45) is 1.00. The molecule has 2 N–H and O–H groups in total. The molecule has 16 heavy (non-hydrogen) atoms. The quantitative estimate of drug-likeness (QED) is 0.713. The average Bonchev–Trinajstić information content (AvgIpc) is 2.32. The van der Waals surface area contributed by atoms with Crippen molar-refractivity contribution < 1.29 is 0 Å². The fraction of sp³-hybridized carbons (Fsp3) is 0.333. The first kappa shape index (κ1) is 11.9. The molecule has 4 heteroatoms. The maximum Gasteiger partial charge on any atom is 0.0640 e. The fourth-order valence-corrected chi connectivity index (χ4v) is 1.23. The largest absolute Gasteiger partial charge is 0.384 e. The summed E-state index contributed by atoms with van der Waals surface area (Å²) in [5, 5.41) is 23.0. The number of benzene rings is 1. The van der Waals surface area contributed by atoms with E-state index in [1.807, 2.05) is 24.3 Å². The summed E-state index contributed by atoms with van der Waals surface area (Å²) in [6.45, 7) is 1.33. The van der Waals surface area contributed by atoms with Gasteiger partial charge in [-0.15, -0.1) is 0 Å². The van der Waals surface area contributed by atoms with Crippen molar-refractivity contribution >= 4 is 11.4 Å². The van der Waals surface area contributed by atoms with Gasteiger partial charge in [-0.25, -0.2) is 0 Å².